The molecule has 2 aromatic rings. The molecule has 0 aliphatic carbocycles. The van der Waals surface area contributed by atoms with Crippen LogP contribution < -0.4 is 4.73 Å². The van der Waals surface area contributed by atoms with Crippen molar-refractivity contribution in [1.29, 1.82) is 0 Å². The number of benzene rings is 1. The molecule has 0 saturated heterocycles. The topological polar surface area (TPSA) is 50.4 Å². The second-order valence-electron chi connectivity index (χ2n) is 3.74. The number of rotatable bonds is 2. The Balaban J connectivity index is 2.62. The first-order chi connectivity index (χ1) is 9.04. The third-order valence-corrected chi connectivity index (χ3v) is 2.58. The van der Waals surface area contributed by atoms with Crippen molar-refractivity contribution < 1.29 is 28.2 Å². The standard InChI is InChI=1S/C13H10F2NO3/c1-19-13(17)10-6-7-16(18)12(11(10)15)8-2-4-9(14)5-3-8/h2-7,18H,1H3/q+1. The van der Waals surface area contributed by atoms with Crippen LogP contribution >= 0.6 is 0 Å². The maximum Gasteiger partial charge on any atom is 0.341 e. The molecule has 0 fully saturated rings. The molecule has 1 aromatic carbocycles. The summed E-state index contributed by atoms with van der Waals surface area (Å²) >= 11 is 0. The van der Waals surface area contributed by atoms with Gasteiger partial charge in [-0.1, -0.05) is 0 Å². The van der Waals surface area contributed by atoms with Gasteiger partial charge in [0.05, 0.1) is 12.7 Å². The van der Waals surface area contributed by atoms with Crippen molar-refractivity contribution in [2.45, 2.75) is 0 Å². The van der Waals surface area contributed by atoms with Gasteiger partial charge in [-0.25, -0.2) is 9.18 Å². The molecule has 0 spiro atoms. The Labute approximate surface area is 107 Å². The Morgan fingerprint density at radius 2 is 1.84 bits per heavy atom. The van der Waals surface area contributed by atoms with Crippen LogP contribution in [0.1, 0.15) is 10.4 Å². The first-order valence-corrected chi connectivity index (χ1v) is 5.32. The van der Waals surface area contributed by atoms with Crippen LogP contribution in [-0.2, 0) is 4.74 Å². The summed E-state index contributed by atoms with van der Waals surface area (Å²) in [5.41, 5.74) is -0.331. The lowest BCUT2D eigenvalue weighted by Gasteiger charge is -2.03. The highest BCUT2D eigenvalue weighted by molar-refractivity contribution is 5.90. The highest BCUT2D eigenvalue weighted by Gasteiger charge is 2.26. The third kappa shape index (κ3) is 2.37. The van der Waals surface area contributed by atoms with E-state index >= 15 is 0 Å². The van der Waals surface area contributed by atoms with Crippen molar-refractivity contribution >= 4 is 5.97 Å². The van der Waals surface area contributed by atoms with Crippen LogP contribution in [0.25, 0.3) is 11.3 Å². The Kier molecular flexibility index (Phi) is 3.41. The number of carbonyl (C=O) groups excluding carboxylic acids is 1. The van der Waals surface area contributed by atoms with Gasteiger partial charge >= 0.3 is 11.7 Å². The number of methoxy groups -OCH3 is 1. The van der Waals surface area contributed by atoms with E-state index in [0.717, 1.165) is 31.5 Å². The van der Waals surface area contributed by atoms with Crippen molar-refractivity contribution in [2.75, 3.05) is 7.11 Å². The predicted octanol–water partition coefficient (Wildman–Crippen LogP) is 1.94. The molecule has 98 valence electrons. The Morgan fingerprint density at radius 1 is 1.21 bits per heavy atom. The minimum atomic E-state index is -0.941. The van der Waals surface area contributed by atoms with E-state index in [4.69, 9.17) is 0 Å². The number of ether oxygens (including phenoxy) is 1. The van der Waals surface area contributed by atoms with Crippen LogP contribution in [-0.4, -0.2) is 18.3 Å². The zero-order chi connectivity index (χ0) is 14.0. The number of pyridine rings is 1. The summed E-state index contributed by atoms with van der Waals surface area (Å²) in [5, 5.41) is 9.62. The molecular weight excluding hydrogens is 256 g/mol. The highest BCUT2D eigenvalue weighted by Crippen LogP contribution is 2.21. The van der Waals surface area contributed by atoms with Crippen molar-refractivity contribution in [3.8, 4) is 11.3 Å². The molecule has 4 nitrogen and oxygen atoms in total. The number of halogens is 2. The van der Waals surface area contributed by atoms with Crippen LogP contribution in [0.2, 0.25) is 0 Å². The fourth-order valence-corrected chi connectivity index (χ4v) is 1.66. The third-order valence-electron chi connectivity index (χ3n) is 2.58. The van der Waals surface area contributed by atoms with E-state index in [9.17, 15) is 18.8 Å². The molecule has 1 N–H and O–H groups in total. The number of nitrogens with zero attached hydrogens (tertiary/aromatic N) is 1. The van der Waals surface area contributed by atoms with Crippen molar-refractivity contribution in [3.05, 3.63) is 53.7 Å². The molecular formula is C13H10F2NO3+. The maximum absolute atomic E-state index is 14.2. The Bertz CT molecular complexity index is 627. The van der Waals surface area contributed by atoms with E-state index in [1.165, 1.54) is 12.1 Å². The van der Waals surface area contributed by atoms with Gasteiger partial charge < -0.3 is 4.74 Å². The van der Waals surface area contributed by atoms with Gasteiger partial charge in [0.25, 0.3) is 0 Å². The molecule has 0 atom stereocenters. The zero-order valence-electron chi connectivity index (χ0n) is 9.93. The largest absolute Gasteiger partial charge is 0.465 e. The number of carbonyl (C=O) groups is 1. The van der Waals surface area contributed by atoms with Crippen LogP contribution in [0, 0.1) is 11.6 Å². The fourth-order valence-electron chi connectivity index (χ4n) is 1.66. The molecule has 0 bridgehead atoms. The summed E-state index contributed by atoms with van der Waals surface area (Å²) in [6, 6.07) is 5.93. The quantitative estimate of drug-likeness (QED) is 0.513. The molecule has 6 heteroatoms. The molecule has 0 unspecified atom stereocenters. The van der Waals surface area contributed by atoms with Gasteiger partial charge in [-0.05, 0) is 24.3 Å². The smallest absolute Gasteiger partial charge is 0.341 e. The van der Waals surface area contributed by atoms with Crippen molar-refractivity contribution in [3.63, 3.8) is 0 Å². The van der Waals surface area contributed by atoms with Gasteiger partial charge in [-0.3, -0.25) is 5.21 Å². The molecule has 19 heavy (non-hydrogen) atoms. The van der Waals surface area contributed by atoms with Gasteiger partial charge in [-0.2, -0.15) is 4.39 Å². The van der Waals surface area contributed by atoms with Gasteiger partial charge in [0.15, 0.2) is 0 Å². The van der Waals surface area contributed by atoms with E-state index in [-0.39, 0.29) is 16.8 Å². The average molecular weight is 266 g/mol. The summed E-state index contributed by atoms with van der Waals surface area (Å²) in [6.07, 6.45) is 1.11. The Morgan fingerprint density at radius 3 is 2.42 bits per heavy atom. The number of esters is 1. The zero-order valence-corrected chi connectivity index (χ0v) is 9.93. The van der Waals surface area contributed by atoms with Crippen LogP contribution in [0.5, 0.6) is 0 Å². The second-order valence-corrected chi connectivity index (χ2v) is 3.74. The fraction of sp³-hybridized carbons (Fsp3) is 0.0769. The molecule has 1 aromatic heterocycles. The van der Waals surface area contributed by atoms with E-state index in [2.05, 4.69) is 4.74 Å². The summed E-state index contributed by atoms with van der Waals surface area (Å²) in [6.45, 7) is 0. The van der Waals surface area contributed by atoms with Crippen LogP contribution in [0.4, 0.5) is 8.78 Å². The molecule has 0 aliphatic heterocycles. The van der Waals surface area contributed by atoms with Crippen LogP contribution in [0.15, 0.2) is 36.5 Å². The van der Waals surface area contributed by atoms with Crippen molar-refractivity contribution in [2.24, 2.45) is 0 Å². The SMILES string of the molecule is COC(=O)c1cc[n+](O)c(-c2ccc(F)cc2)c1F. The van der Waals surface area contributed by atoms with E-state index < -0.39 is 17.6 Å². The average Bonchev–Trinajstić information content (AvgIpc) is 2.40. The molecule has 1 heterocycles. The predicted molar refractivity (Wildman–Crippen MR) is 60.5 cm³/mol. The number of hydrogen-bond acceptors (Lipinski definition) is 3. The van der Waals surface area contributed by atoms with Gasteiger partial charge in [0.2, 0.25) is 12.0 Å². The minimum Gasteiger partial charge on any atom is -0.465 e. The van der Waals surface area contributed by atoms with Crippen molar-refractivity contribution in [1.82, 2.24) is 0 Å². The van der Waals surface area contributed by atoms with Gasteiger partial charge in [0, 0.05) is 10.8 Å². The number of aromatic nitrogens is 1. The van der Waals surface area contributed by atoms with Crippen LogP contribution in [0.3, 0.4) is 0 Å². The lowest BCUT2D eigenvalue weighted by Crippen LogP contribution is -2.34. The summed E-state index contributed by atoms with van der Waals surface area (Å²) in [4.78, 5) is 11.4. The van der Waals surface area contributed by atoms with E-state index in [1.807, 2.05) is 0 Å². The normalized spacial score (nSPS) is 10.3. The molecule has 0 radical (unpaired) electrons. The number of hydrogen-bond donors (Lipinski definition) is 1. The highest BCUT2D eigenvalue weighted by atomic mass is 19.1. The monoisotopic (exact) mass is 266 g/mol. The van der Waals surface area contributed by atoms with Gasteiger partial charge in [-0.15, -0.1) is 0 Å². The minimum absolute atomic E-state index is 0.229. The lowest BCUT2D eigenvalue weighted by atomic mass is 10.1. The first kappa shape index (κ1) is 12.9. The van der Waals surface area contributed by atoms with E-state index in [1.54, 1.807) is 0 Å². The summed E-state index contributed by atoms with van der Waals surface area (Å²) in [7, 11) is 1.12. The molecule has 0 aliphatic rings. The first-order valence-electron chi connectivity index (χ1n) is 5.32. The molecule has 0 saturated carbocycles. The summed E-state index contributed by atoms with van der Waals surface area (Å²) < 4.78 is 32.0. The molecule has 0 amide bonds. The second kappa shape index (κ2) is 5.01. The van der Waals surface area contributed by atoms with E-state index in [0.29, 0.717) is 4.73 Å². The Hall–Kier alpha value is -2.50. The molecule has 2 rings (SSSR count). The van der Waals surface area contributed by atoms with Gasteiger partial charge in [0.1, 0.15) is 11.4 Å². The summed E-state index contributed by atoms with van der Waals surface area (Å²) in [5.74, 6) is -2.29. The lowest BCUT2D eigenvalue weighted by molar-refractivity contribution is -0.897. The maximum atomic E-state index is 14.2.